The molecule has 0 atom stereocenters. The quantitative estimate of drug-likeness (QED) is 0.899. The molecule has 4 rings (SSSR count). The molecule has 1 N–H and O–H groups in total. The number of benzene rings is 1. The topological polar surface area (TPSA) is 67.9 Å². The number of fused-ring (bicyclic) bond motifs is 1. The summed E-state index contributed by atoms with van der Waals surface area (Å²) >= 11 is 1.45. The van der Waals surface area contributed by atoms with E-state index in [1.165, 1.54) is 11.3 Å². The summed E-state index contributed by atoms with van der Waals surface area (Å²) in [5.74, 6) is 1.33. The van der Waals surface area contributed by atoms with Crippen molar-refractivity contribution < 1.29 is 19.1 Å². The highest BCUT2D eigenvalue weighted by atomic mass is 32.1. The number of anilines is 1. The molecule has 1 aromatic heterocycles. The average Bonchev–Trinajstić information content (AvgIpc) is 3.22. The van der Waals surface area contributed by atoms with Crippen LogP contribution in [0.25, 0.3) is 0 Å². The fourth-order valence-corrected chi connectivity index (χ4v) is 3.96. The zero-order chi connectivity index (χ0) is 17.9. The molecule has 2 amide bonds. The van der Waals surface area contributed by atoms with Crippen molar-refractivity contribution in [3.8, 4) is 11.5 Å². The molecule has 1 saturated heterocycles. The second kappa shape index (κ2) is 7.37. The van der Waals surface area contributed by atoms with Crippen LogP contribution in [-0.2, 0) is 4.79 Å². The second-order valence-corrected chi connectivity index (χ2v) is 7.34. The lowest BCUT2D eigenvalue weighted by Crippen LogP contribution is -2.41. The molecular weight excluding hydrogens is 352 g/mol. The lowest BCUT2D eigenvalue weighted by atomic mass is 9.95. The van der Waals surface area contributed by atoms with Gasteiger partial charge in [0.25, 0.3) is 5.91 Å². The third kappa shape index (κ3) is 3.53. The summed E-state index contributed by atoms with van der Waals surface area (Å²) in [6.45, 7) is 2.27. The van der Waals surface area contributed by atoms with Crippen molar-refractivity contribution in [2.75, 3.05) is 31.6 Å². The Labute approximate surface area is 155 Å². The van der Waals surface area contributed by atoms with Crippen molar-refractivity contribution >= 4 is 28.8 Å². The molecule has 0 saturated carbocycles. The number of rotatable bonds is 3. The Balaban J connectivity index is 1.33. The van der Waals surface area contributed by atoms with Crippen LogP contribution < -0.4 is 14.8 Å². The fourth-order valence-electron chi connectivity index (χ4n) is 3.27. The van der Waals surface area contributed by atoms with E-state index in [4.69, 9.17) is 9.47 Å². The van der Waals surface area contributed by atoms with Crippen molar-refractivity contribution in [3.05, 3.63) is 40.6 Å². The number of carbonyl (C=O) groups is 2. The van der Waals surface area contributed by atoms with Gasteiger partial charge in [-0.05, 0) is 36.4 Å². The van der Waals surface area contributed by atoms with E-state index in [0.717, 1.165) is 4.88 Å². The van der Waals surface area contributed by atoms with Crippen LogP contribution in [-0.4, -0.2) is 43.0 Å². The van der Waals surface area contributed by atoms with E-state index in [9.17, 15) is 9.59 Å². The van der Waals surface area contributed by atoms with Crippen molar-refractivity contribution in [1.29, 1.82) is 0 Å². The average molecular weight is 372 g/mol. The molecule has 3 heterocycles. The molecule has 0 aliphatic carbocycles. The summed E-state index contributed by atoms with van der Waals surface area (Å²) in [6.07, 6.45) is 1.35. The summed E-state index contributed by atoms with van der Waals surface area (Å²) in [5, 5.41) is 4.86. The fraction of sp³-hybridized carbons (Fsp3) is 0.368. The molecule has 26 heavy (non-hydrogen) atoms. The Kier molecular flexibility index (Phi) is 4.79. The Morgan fingerprint density at radius 3 is 2.58 bits per heavy atom. The number of nitrogens with one attached hydrogen (secondary N) is 1. The van der Waals surface area contributed by atoms with Crippen LogP contribution in [0.2, 0.25) is 0 Å². The minimum absolute atomic E-state index is 0.00935. The van der Waals surface area contributed by atoms with Gasteiger partial charge in [-0.15, -0.1) is 11.3 Å². The first-order chi connectivity index (χ1) is 12.7. The van der Waals surface area contributed by atoms with Crippen LogP contribution in [0.1, 0.15) is 22.5 Å². The first-order valence-electron chi connectivity index (χ1n) is 8.74. The summed E-state index contributed by atoms with van der Waals surface area (Å²) in [6, 6.07) is 9.15. The summed E-state index contributed by atoms with van der Waals surface area (Å²) in [4.78, 5) is 27.5. The molecular formula is C19H20N2O4S. The van der Waals surface area contributed by atoms with E-state index in [0.29, 0.717) is 56.3 Å². The zero-order valence-electron chi connectivity index (χ0n) is 14.3. The van der Waals surface area contributed by atoms with Crippen molar-refractivity contribution in [1.82, 2.24) is 4.90 Å². The van der Waals surface area contributed by atoms with Crippen molar-refractivity contribution in [2.24, 2.45) is 5.92 Å². The van der Waals surface area contributed by atoms with Gasteiger partial charge in [0, 0.05) is 30.8 Å². The maximum atomic E-state index is 12.6. The largest absolute Gasteiger partial charge is 0.486 e. The van der Waals surface area contributed by atoms with Crippen LogP contribution in [0.3, 0.4) is 0 Å². The van der Waals surface area contributed by atoms with Crippen LogP contribution in [0.4, 0.5) is 5.69 Å². The molecule has 0 spiro atoms. The van der Waals surface area contributed by atoms with Crippen molar-refractivity contribution in [3.63, 3.8) is 0 Å². The van der Waals surface area contributed by atoms with E-state index in [1.54, 1.807) is 6.07 Å². The van der Waals surface area contributed by atoms with Crippen LogP contribution in [0.15, 0.2) is 35.7 Å². The van der Waals surface area contributed by atoms with Gasteiger partial charge in [0.05, 0.1) is 4.88 Å². The van der Waals surface area contributed by atoms with Gasteiger partial charge >= 0.3 is 0 Å². The Bertz CT molecular complexity index is 798. The second-order valence-electron chi connectivity index (χ2n) is 6.39. The highest BCUT2D eigenvalue weighted by Gasteiger charge is 2.28. The molecule has 7 heteroatoms. The number of piperidine rings is 1. The Morgan fingerprint density at radius 1 is 1.08 bits per heavy atom. The van der Waals surface area contributed by atoms with Gasteiger partial charge in [0.15, 0.2) is 11.5 Å². The number of hydrogen-bond donors (Lipinski definition) is 1. The third-order valence-corrected chi connectivity index (χ3v) is 5.55. The molecule has 2 aromatic rings. The minimum Gasteiger partial charge on any atom is -0.486 e. The number of amides is 2. The third-order valence-electron chi connectivity index (χ3n) is 4.69. The highest BCUT2D eigenvalue weighted by Crippen LogP contribution is 2.33. The predicted molar refractivity (Wildman–Crippen MR) is 99.0 cm³/mol. The molecule has 1 aromatic carbocycles. The minimum atomic E-state index is -0.0874. The summed E-state index contributed by atoms with van der Waals surface area (Å²) < 4.78 is 11.0. The number of thiophene rings is 1. The smallest absolute Gasteiger partial charge is 0.263 e. The Morgan fingerprint density at radius 2 is 1.85 bits per heavy atom. The maximum absolute atomic E-state index is 12.6. The van der Waals surface area contributed by atoms with Gasteiger partial charge in [0.1, 0.15) is 13.2 Å². The van der Waals surface area contributed by atoms with Crippen LogP contribution in [0, 0.1) is 5.92 Å². The van der Waals surface area contributed by atoms with Gasteiger partial charge in [-0.1, -0.05) is 6.07 Å². The number of carbonyl (C=O) groups excluding carboxylic acids is 2. The molecule has 2 aliphatic heterocycles. The molecule has 6 nitrogen and oxygen atoms in total. The van der Waals surface area contributed by atoms with E-state index in [-0.39, 0.29) is 17.7 Å². The van der Waals surface area contributed by atoms with Crippen molar-refractivity contribution in [2.45, 2.75) is 12.8 Å². The lowest BCUT2D eigenvalue weighted by Gasteiger charge is -2.31. The Hall–Kier alpha value is -2.54. The first-order valence-corrected chi connectivity index (χ1v) is 9.62. The SMILES string of the molecule is O=C(Nc1ccc2c(c1)OCCO2)C1CCN(C(=O)c2cccs2)CC1. The molecule has 0 unspecified atom stereocenters. The van der Waals surface area contributed by atoms with Crippen LogP contribution >= 0.6 is 11.3 Å². The van der Waals surface area contributed by atoms with Gasteiger partial charge in [-0.2, -0.15) is 0 Å². The van der Waals surface area contributed by atoms with Crippen LogP contribution in [0.5, 0.6) is 11.5 Å². The molecule has 0 bridgehead atoms. The van der Waals surface area contributed by atoms with Gasteiger partial charge < -0.3 is 19.7 Å². The van der Waals surface area contributed by atoms with Gasteiger partial charge in [-0.3, -0.25) is 9.59 Å². The normalized spacial score (nSPS) is 17.0. The molecule has 1 fully saturated rings. The first kappa shape index (κ1) is 16.9. The molecule has 2 aliphatic rings. The van der Waals surface area contributed by atoms with E-state index >= 15 is 0 Å². The highest BCUT2D eigenvalue weighted by molar-refractivity contribution is 7.12. The van der Waals surface area contributed by atoms with Gasteiger partial charge in [-0.25, -0.2) is 0 Å². The number of ether oxygens (including phenoxy) is 2. The summed E-state index contributed by atoms with van der Waals surface area (Å²) in [5.41, 5.74) is 0.705. The van der Waals surface area contributed by atoms with E-state index in [1.807, 2.05) is 34.5 Å². The van der Waals surface area contributed by atoms with E-state index < -0.39 is 0 Å². The number of hydrogen-bond acceptors (Lipinski definition) is 5. The zero-order valence-corrected chi connectivity index (χ0v) is 15.1. The summed E-state index contributed by atoms with van der Waals surface area (Å²) in [7, 11) is 0. The number of likely N-dealkylation sites (tertiary alicyclic amines) is 1. The monoisotopic (exact) mass is 372 g/mol. The lowest BCUT2D eigenvalue weighted by molar-refractivity contribution is -0.121. The van der Waals surface area contributed by atoms with Gasteiger partial charge in [0.2, 0.25) is 5.91 Å². The van der Waals surface area contributed by atoms with E-state index in [2.05, 4.69) is 5.32 Å². The molecule has 136 valence electrons. The standard InChI is InChI=1S/C19H20N2O4S/c22-18(20-14-3-4-15-16(12-14)25-10-9-24-15)13-5-7-21(8-6-13)19(23)17-2-1-11-26-17/h1-4,11-13H,5-10H2,(H,20,22). The maximum Gasteiger partial charge on any atom is 0.263 e. The number of nitrogens with zero attached hydrogens (tertiary/aromatic N) is 1. The molecule has 0 radical (unpaired) electrons. The predicted octanol–water partition coefficient (Wildman–Crippen LogP) is 3.01.